The molecule has 0 unspecified atom stereocenters. The molecule has 0 aromatic heterocycles. The van der Waals surface area contributed by atoms with Crippen LogP contribution in [0, 0.1) is 5.21 Å². The SMILES string of the molecule is [O-][N+]1=C(c2ccc(Cl)cc2)/C(=C\c2ccccc2)CCC=C1. The summed E-state index contributed by atoms with van der Waals surface area (Å²) in [5, 5.41) is 13.1. The first kappa shape index (κ1) is 14.6. The molecule has 2 aromatic carbocycles. The third kappa shape index (κ3) is 3.29. The van der Waals surface area contributed by atoms with Gasteiger partial charge in [0.1, 0.15) is 0 Å². The molecule has 0 atom stereocenters. The van der Waals surface area contributed by atoms with Gasteiger partial charge in [-0.2, -0.15) is 4.74 Å². The second-order valence-electron chi connectivity index (χ2n) is 5.19. The molecule has 22 heavy (non-hydrogen) atoms. The van der Waals surface area contributed by atoms with E-state index in [0.29, 0.717) is 10.7 Å². The number of rotatable bonds is 2. The van der Waals surface area contributed by atoms with E-state index in [0.717, 1.165) is 34.3 Å². The van der Waals surface area contributed by atoms with E-state index < -0.39 is 0 Å². The number of hydrogen-bond donors (Lipinski definition) is 0. The summed E-state index contributed by atoms with van der Waals surface area (Å²) in [7, 11) is 0. The zero-order chi connectivity index (χ0) is 15.4. The zero-order valence-electron chi connectivity index (χ0n) is 12.1. The lowest BCUT2D eigenvalue weighted by Crippen LogP contribution is -2.14. The summed E-state index contributed by atoms with van der Waals surface area (Å²) in [6.07, 6.45) is 7.28. The van der Waals surface area contributed by atoms with Gasteiger partial charge in [0.05, 0.1) is 0 Å². The maximum Gasteiger partial charge on any atom is 0.226 e. The van der Waals surface area contributed by atoms with Gasteiger partial charge in [-0.3, -0.25) is 0 Å². The van der Waals surface area contributed by atoms with Crippen molar-refractivity contribution in [2.24, 2.45) is 0 Å². The number of hydroxylamine groups is 1. The van der Waals surface area contributed by atoms with E-state index in [2.05, 4.69) is 6.08 Å². The lowest BCUT2D eigenvalue weighted by Gasteiger charge is -2.10. The maximum absolute atomic E-state index is 12.4. The summed E-state index contributed by atoms with van der Waals surface area (Å²) in [5.74, 6) is 0. The van der Waals surface area contributed by atoms with Gasteiger partial charge in [0.15, 0.2) is 6.20 Å². The number of halogens is 1. The summed E-state index contributed by atoms with van der Waals surface area (Å²) in [4.78, 5) is 0. The van der Waals surface area contributed by atoms with Crippen LogP contribution in [0.15, 0.2) is 72.4 Å². The van der Waals surface area contributed by atoms with Crippen LogP contribution in [0.3, 0.4) is 0 Å². The Labute approximate surface area is 135 Å². The van der Waals surface area contributed by atoms with Crippen molar-refractivity contribution in [1.29, 1.82) is 0 Å². The molecule has 3 heteroatoms. The predicted molar refractivity (Wildman–Crippen MR) is 92.0 cm³/mol. The third-order valence-corrected chi connectivity index (χ3v) is 3.86. The monoisotopic (exact) mass is 309 g/mol. The molecule has 3 rings (SSSR count). The molecule has 0 bridgehead atoms. The third-order valence-electron chi connectivity index (χ3n) is 3.60. The molecule has 0 saturated carbocycles. The highest BCUT2D eigenvalue weighted by Gasteiger charge is 2.19. The first-order chi connectivity index (χ1) is 10.7. The van der Waals surface area contributed by atoms with Crippen molar-refractivity contribution in [3.05, 3.63) is 93.8 Å². The zero-order valence-corrected chi connectivity index (χ0v) is 12.8. The summed E-state index contributed by atoms with van der Waals surface area (Å²) < 4.78 is 0.949. The van der Waals surface area contributed by atoms with E-state index in [1.807, 2.05) is 60.7 Å². The molecule has 1 heterocycles. The normalized spacial score (nSPS) is 16.9. The molecule has 0 radical (unpaired) electrons. The van der Waals surface area contributed by atoms with Gasteiger partial charge < -0.3 is 5.21 Å². The molecule has 2 nitrogen and oxygen atoms in total. The van der Waals surface area contributed by atoms with Crippen molar-refractivity contribution in [3.63, 3.8) is 0 Å². The number of nitrogens with zero attached hydrogens (tertiary/aromatic N) is 1. The molecule has 0 aliphatic carbocycles. The smallest absolute Gasteiger partial charge is 0.226 e. The van der Waals surface area contributed by atoms with Crippen LogP contribution in [0.4, 0.5) is 0 Å². The van der Waals surface area contributed by atoms with Crippen molar-refractivity contribution in [2.75, 3.05) is 0 Å². The molecule has 0 N–H and O–H groups in total. The van der Waals surface area contributed by atoms with E-state index in [1.165, 1.54) is 0 Å². The number of hydrogen-bond acceptors (Lipinski definition) is 1. The fraction of sp³-hybridized carbons (Fsp3) is 0.105. The van der Waals surface area contributed by atoms with E-state index in [-0.39, 0.29) is 0 Å². The van der Waals surface area contributed by atoms with Gasteiger partial charge in [-0.1, -0.05) is 41.9 Å². The van der Waals surface area contributed by atoms with E-state index in [4.69, 9.17) is 11.6 Å². The van der Waals surface area contributed by atoms with Crippen LogP contribution in [0.5, 0.6) is 0 Å². The molecule has 1 aliphatic rings. The Bertz CT molecular complexity index is 743. The molecule has 1 aliphatic heterocycles. The number of benzene rings is 2. The van der Waals surface area contributed by atoms with Gasteiger partial charge in [0, 0.05) is 16.2 Å². The van der Waals surface area contributed by atoms with Crippen LogP contribution < -0.4 is 0 Å². The van der Waals surface area contributed by atoms with Gasteiger partial charge in [0.25, 0.3) is 0 Å². The van der Waals surface area contributed by atoms with Crippen LogP contribution in [-0.2, 0) is 0 Å². The van der Waals surface area contributed by atoms with Crippen LogP contribution in [0.1, 0.15) is 24.0 Å². The summed E-state index contributed by atoms with van der Waals surface area (Å²) in [6.45, 7) is 0. The van der Waals surface area contributed by atoms with Crippen LogP contribution in [0.2, 0.25) is 5.02 Å². The number of allylic oxidation sites excluding steroid dienone is 2. The second-order valence-corrected chi connectivity index (χ2v) is 5.62. The predicted octanol–water partition coefficient (Wildman–Crippen LogP) is 5.03. The second kappa shape index (κ2) is 6.63. The standard InChI is InChI=1S/C19H16ClNO/c20-18-11-9-16(10-12-18)19-17(8-4-5-13-21(19)22)14-15-6-2-1-3-7-15/h1-3,5-7,9-14H,4,8H2/b17-14-. The summed E-state index contributed by atoms with van der Waals surface area (Å²) in [5.41, 5.74) is 3.70. The first-order valence-electron chi connectivity index (χ1n) is 7.26. The molecule has 0 spiro atoms. The van der Waals surface area contributed by atoms with Gasteiger partial charge in [0.2, 0.25) is 5.71 Å². The molecular weight excluding hydrogens is 294 g/mol. The molecule has 0 fully saturated rings. The molecule has 0 amide bonds. The quantitative estimate of drug-likeness (QED) is 0.564. The average molecular weight is 310 g/mol. The molecule has 110 valence electrons. The minimum absolute atomic E-state index is 0.666. The van der Waals surface area contributed by atoms with Crippen molar-refractivity contribution >= 4 is 23.4 Å². The minimum Gasteiger partial charge on any atom is -0.618 e. The average Bonchev–Trinajstić information content (AvgIpc) is 2.71. The minimum atomic E-state index is 0.666. The summed E-state index contributed by atoms with van der Waals surface area (Å²) >= 11 is 5.96. The molecule has 0 saturated heterocycles. The van der Waals surface area contributed by atoms with Gasteiger partial charge in [-0.05, 0) is 54.8 Å². The highest BCUT2D eigenvalue weighted by molar-refractivity contribution is 6.30. The Morgan fingerprint density at radius 1 is 1.00 bits per heavy atom. The topological polar surface area (TPSA) is 26.1 Å². The van der Waals surface area contributed by atoms with E-state index in [1.54, 1.807) is 6.20 Å². The largest absolute Gasteiger partial charge is 0.618 e. The van der Waals surface area contributed by atoms with Crippen molar-refractivity contribution in [2.45, 2.75) is 12.8 Å². The van der Waals surface area contributed by atoms with Crippen molar-refractivity contribution in [3.8, 4) is 0 Å². The van der Waals surface area contributed by atoms with Gasteiger partial charge >= 0.3 is 0 Å². The Morgan fingerprint density at radius 2 is 1.73 bits per heavy atom. The fourth-order valence-electron chi connectivity index (χ4n) is 2.55. The van der Waals surface area contributed by atoms with Crippen LogP contribution in [-0.4, -0.2) is 10.5 Å². The highest BCUT2D eigenvalue weighted by atomic mass is 35.5. The molecular formula is C19H16ClNO. The van der Waals surface area contributed by atoms with E-state index in [9.17, 15) is 5.21 Å². The first-order valence-corrected chi connectivity index (χ1v) is 7.64. The Morgan fingerprint density at radius 3 is 2.45 bits per heavy atom. The Kier molecular flexibility index (Phi) is 4.40. The lowest BCUT2D eigenvalue weighted by atomic mass is 9.96. The summed E-state index contributed by atoms with van der Waals surface area (Å²) in [6, 6.07) is 17.5. The van der Waals surface area contributed by atoms with Crippen LogP contribution in [0.25, 0.3) is 6.08 Å². The van der Waals surface area contributed by atoms with E-state index >= 15 is 0 Å². The van der Waals surface area contributed by atoms with Gasteiger partial charge in [-0.25, -0.2) is 0 Å². The van der Waals surface area contributed by atoms with Gasteiger partial charge in [-0.15, -0.1) is 0 Å². The fourth-order valence-corrected chi connectivity index (χ4v) is 2.68. The molecule has 2 aromatic rings. The Balaban J connectivity index is 2.09. The van der Waals surface area contributed by atoms with Crippen molar-refractivity contribution in [1.82, 2.24) is 0 Å². The lowest BCUT2D eigenvalue weighted by molar-refractivity contribution is -0.377. The maximum atomic E-state index is 12.4. The highest BCUT2D eigenvalue weighted by Crippen LogP contribution is 2.22. The Hall–Kier alpha value is -2.32. The van der Waals surface area contributed by atoms with Crippen molar-refractivity contribution < 1.29 is 4.74 Å². The van der Waals surface area contributed by atoms with Crippen LogP contribution >= 0.6 is 11.6 Å².